The van der Waals surface area contributed by atoms with Crippen LogP contribution in [0.4, 0.5) is 0 Å². The molecular weight excluding hydrogens is 304 g/mol. The van der Waals surface area contributed by atoms with Crippen molar-refractivity contribution >= 4 is 17.7 Å². The number of rotatable bonds is 8. The van der Waals surface area contributed by atoms with E-state index < -0.39 is 0 Å². The van der Waals surface area contributed by atoms with Gasteiger partial charge in [-0.15, -0.1) is 11.8 Å². The first-order valence-electron chi connectivity index (χ1n) is 8.92. The number of hydrogen-bond donors (Lipinski definition) is 1. The highest BCUT2D eigenvalue weighted by atomic mass is 32.2. The molecule has 1 aromatic rings. The Balaban J connectivity index is 1.50. The molecule has 1 aliphatic heterocycles. The predicted molar refractivity (Wildman–Crippen MR) is 99.1 cm³/mol. The van der Waals surface area contributed by atoms with Gasteiger partial charge in [-0.2, -0.15) is 0 Å². The fourth-order valence-electron chi connectivity index (χ4n) is 2.87. The van der Waals surface area contributed by atoms with Gasteiger partial charge in [0.15, 0.2) is 0 Å². The Morgan fingerprint density at radius 2 is 1.83 bits per heavy atom. The molecule has 0 aliphatic carbocycles. The van der Waals surface area contributed by atoms with E-state index in [0.29, 0.717) is 6.42 Å². The van der Waals surface area contributed by atoms with E-state index in [4.69, 9.17) is 0 Å². The zero-order chi connectivity index (χ0) is 16.3. The summed E-state index contributed by atoms with van der Waals surface area (Å²) >= 11 is 1.75. The van der Waals surface area contributed by atoms with Crippen LogP contribution in [0.3, 0.4) is 0 Å². The third-order valence-electron chi connectivity index (χ3n) is 4.29. The normalized spacial score (nSPS) is 16.0. The number of carbonyl (C=O) groups is 1. The summed E-state index contributed by atoms with van der Waals surface area (Å²) in [5.41, 5.74) is 1.27. The summed E-state index contributed by atoms with van der Waals surface area (Å²) in [5.74, 6) is 1.03. The van der Waals surface area contributed by atoms with Crippen molar-refractivity contribution in [3.8, 4) is 0 Å². The van der Waals surface area contributed by atoms with Crippen molar-refractivity contribution in [3.05, 3.63) is 29.8 Å². The fraction of sp³-hybridized carbons (Fsp3) is 0.632. The quantitative estimate of drug-likeness (QED) is 0.579. The third-order valence-corrected chi connectivity index (χ3v) is 5.30. The summed E-state index contributed by atoms with van der Waals surface area (Å²) in [6.45, 7) is 6.50. The predicted octanol–water partition coefficient (Wildman–Crippen LogP) is 3.86. The molecular formula is C19H30N2OS. The van der Waals surface area contributed by atoms with E-state index in [0.717, 1.165) is 25.3 Å². The van der Waals surface area contributed by atoms with E-state index in [1.807, 2.05) is 0 Å². The maximum atomic E-state index is 11.9. The lowest BCUT2D eigenvalue weighted by atomic mass is 10.2. The topological polar surface area (TPSA) is 32.3 Å². The van der Waals surface area contributed by atoms with Crippen LogP contribution in [-0.2, 0) is 4.79 Å². The van der Waals surface area contributed by atoms with Gasteiger partial charge in [-0.05, 0) is 58.0 Å². The molecule has 23 heavy (non-hydrogen) atoms. The molecule has 1 fully saturated rings. The first kappa shape index (κ1) is 18.3. The molecule has 128 valence electrons. The van der Waals surface area contributed by atoms with Gasteiger partial charge >= 0.3 is 0 Å². The Labute approximate surface area is 145 Å². The molecule has 0 bridgehead atoms. The minimum absolute atomic E-state index is 0.181. The molecule has 4 heteroatoms. The Morgan fingerprint density at radius 3 is 2.52 bits per heavy atom. The van der Waals surface area contributed by atoms with Crippen molar-refractivity contribution in [2.45, 2.75) is 50.3 Å². The van der Waals surface area contributed by atoms with Gasteiger partial charge in [-0.1, -0.05) is 30.5 Å². The molecule has 1 heterocycles. The van der Waals surface area contributed by atoms with Crippen molar-refractivity contribution in [1.29, 1.82) is 0 Å². The van der Waals surface area contributed by atoms with Crippen LogP contribution in [0.5, 0.6) is 0 Å². The molecule has 0 radical (unpaired) electrons. The number of likely N-dealkylation sites (tertiary alicyclic amines) is 1. The highest BCUT2D eigenvalue weighted by molar-refractivity contribution is 7.99. The highest BCUT2D eigenvalue weighted by Crippen LogP contribution is 2.18. The number of hydrogen-bond acceptors (Lipinski definition) is 3. The molecule has 1 N–H and O–H groups in total. The smallest absolute Gasteiger partial charge is 0.220 e. The average Bonchev–Trinajstić information content (AvgIpc) is 2.82. The van der Waals surface area contributed by atoms with Gasteiger partial charge in [0.25, 0.3) is 0 Å². The van der Waals surface area contributed by atoms with Gasteiger partial charge < -0.3 is 10.2 Å². The zero-order valence-corrected chi connectivity index (χ0v) is 15.2. The van der Waals surface area contributed by atoms with E-state index in [9.17, 15) is 4.79 Å². The first-order chi connectivity index (χ1) is 11.2. The second-order valence-corrected chi connectivity index (χ2v) is 7.54. The Bertz CT molecular complexity index is 453. The Kier molecular flexibility index (Phi) is 8.54. The van der Waals surface area contributed by atoms with E-state index in [-0.39, 0.29) is 5.91 Å². The standard InChI is InChI=1S/C19H30N2OS/c1-17-7-9-18(10-8-17)23-16-11-19(22)20-12-6-15-21-13-4-2-3-5-14-21/h7-10H,2-6,11-16H2,1H3,(H,20,22). The molecule has 0 unspecified atom stereocenters. The van der Waals surface area contributed by atoms with Gasteiger partial charge in [0.1, 0.15) is 0 Å². The molecule has 0 saturated carbocycles. The van der Waals surface area contributed by atoms with Crippen LogP contribution < -0.4 is 5.32 Å². The van der Waals surface area contributed by atoms with Crippen molar-refractivity contribution in [3.63, 3.8) is 0 Å². The molecule has 1 aliphatic rings. The maximum Gasteiger partial charge on any atom is 0.220 e. The van der Waals surface area contributed by atoms with E-state index >= 15 is 0 Å². The summed E-state index contributed by atoms with van der Waals surface area (Å²) < 4.78 is 0. The lowest BCUT2D eigenvalue weighted by Crippen LogP contribution is -2.30. The molecule has 0 aromatic heterocycles. The summed E-state index contributed by atoms with van der Waals surface area (Å²) in [6.07, 6.45) is 7.10. The van der Waals surface area contributed by atoms with Gasteiger partial charge in [0.2, 0.25) is 5.91 Å². The number of amides is 1. The highest BCUT2D eigenvalue weighted by Gasteiger charge is 2.08. The second kappa shape index (κ2) is 10.7. The SMILES string of the molecule is Cc1ccc(SCCC(=O)NCCCN2CCCCCC2)cc1. The lowest BCUT2D eigenvalue weighted by Gasteiger charge is -2.19. The van der Waals surface area contributed by atoms with Crippen molar-refractivity contribution in [1.82, 2.24) is 10.2 Å². The number of benzene rings is 1. The van der Waals surface area contributed by atoms with Crippen molar-refractivity contribution < 1.29 is 4.79 Å². The average molecular weight is 335 g/mol. The van der Waals surface area contributed by atoms with Crippen LogP contribution in [0, 0.1) is 6.92 Å². The fourth-order valence-corrected chi connectivity index (χ4v) is 3.73. The minimum Gasteiger partial charge on any atom is -0.356 e. The number of nitrogens with zero attached hydrogens (tertiary/aromatic N) is 1. The van der Waals surface area contributed by atoms with Gasteiger partial charge in [-0.25, -0.2) is 0 Å². The van der Waals surface area contributed by atoms with Crippen molar-refractivity contribution in [2.24, 2.45) is 0 Å². The number of carbonyl (C=O) groups excluding carboxylic acids is 1. The van der Waals surface area contributed by atoms with Crippen LogP contribution in [0.2, 0.25) is 0 Å². The minimum atomic E-state index is 0.181. The molecule has 1 aromatic carbocycles. The molecule has 3 nitrogen and oxygen atoms in total. The van der Waals surface area contributed by atoms with Crippen molar-refractivity contribution in [2.75, 3.05) is 31.9 Å². The molecule has 0 spiro atoms. The van der Waals surface area contributed by atoms with Crippen LogP contribution in [0.15, 0.2) is 29.2 Å². The molecule has 2 rings (SSSR count). The molecule has 1 saturated heterocycles. The Hall–Kier alpha value is -1.00. The molecule has 0 atom stereocenters. The monoisotopic (exact) mass is 334 g/mol. The number of nitrogens with one attached hydrogen (secondary N) is 1. The number of thioether (sulfide) groups is 1. The zero-order valence-electron chi connectivity index (χ0n) is 14.4. The number of aryl methyl sites for hydroxylation is 1. The molecule has 1 amide bonds. The Morgan fingerprint density at radius 1 is 1.13 bits per heavy atom. The van der Waals surface area contributed by atoms with E-state index in [1.165, 1.54) is 49.2 Å². The largest absolute Gasteiger partial charge is 0.356 e. The van der Waals surface area contributed by atoms with Crippen LogP contribution in [0.1, 0.15) is 44.1 Å². The summed E-state index contributed by atoms with van der Waals surface area (Å²) in [6, 6.07) is 8.48. The van der Waals surface area contributed by atoms with Crippen LogP contribution in [0.25, 0.3) is 0 Å². The summed E-state index contributed by atoms with van der Waals surface area (Å²) in [7, 11) is 0. The summed E-state index contributed by atoms with van der Waals surface area (Å²) in [5, 5.41) is 3.05. The third kappa shape index (κ3) is 7.89. The maximum absolute atomic E-state index is 11.9. The summed E-state index contributed by atoms with van der Waals surface area (Å²) in [4.78, 5) is 15.6. The lowest BCUT2D eigenvalue weighted by molar-refractivity contribution is -0.120. The van der Waals surface area contributed by atoms with Gasteiger partial charge in [0.05, 0.1) is 0 Å². The first-order valence-corrected chi connectivity index (χ1v) is 9.91. The van der Waals surface area contributed by atoms with E-state index in [1.54, 1.807) is 11.8 Å². The van der Waals surface area contributed by atoms with Crippen LogP contribution >= 0.6 is 11.8 Å². The van der Waals surface area contributed by atoms with Gasteiger partial charge in [-0.3, -0.25) is 4.79 Å². The van der Waals surface area contributed by atoms with Crippen LogP contribution in [-0.4, -0.2) is 42.7 Å². The second-order valence-electron chi connectivity index (χ2n) is 6.37. The van der Waals surface area contributed by atoms with Gasteiger partial charge in [0, 0.05) is 23.6 Å². The van der Waals surface area contributed by atoms with E-state index in [2.05, 4.69) is 41.4 Å².